The first-order chi connectivity index (χ1) is 17.6. The molecule has 8 heteroatoms. The van der Waals surface area contributed by atoms with Gasteiger partial charge in [0.25, 0.3) is 5.56 Å². The smallest absolute Gasteiger partial charge is 0.293 e. The van der Waals surface area contributed by atoms with Gasteiger partial charge in [0.15, 0.2) is 11.2 Å². The average molecular weight is 494 g/mol. The molecule has 0 aliphatic carbocycles. The van der Waals surface area contributed by atoms with Gasteiger partial charge < -0.3 is 0 Å². The Morgan fingerprint density at radius 1 is 0.972 bits per heavy atom. The number of nitriles is 1. The summed E-state index contributed by atoms with van der Waals surface area (Å²) in [4.78, 5) is 32.9. The fourth-order valence-electron chi connectivity index (χ4n) is 4.39. The van der Waals surface area contributed by atoms with E-state index in [0.717, 1.165) is 16.0 Å². The Balaban J connectivity index is 1.73. The zero-order valence-corrected chi connectivity index (χ0v) is 20.7. The molecule has 0 atom stereocenters. The van der Waals surface area contributed by atoms with Crippen molar-refractivity contribution in [3.05, 3.63) is 106 Å². The molecule has 0 saturated carbocycles. The molecule has 2 heterocycles. The number of hydrogen-bond donors (Lipinski definition) is 0. The summed E-state index contributed by atoms with van der Waals surface area (Å²) in [6.07, 6.45) is 4.27. The molecule has 0 saturated heterocycles. The van der Waals surface area contributed by atoms with E-state index in [0.29, 0.717) is 35.6 Å². The van der Waals surface area contributed by atoms with Gasteiger partial charge in [0.2, 0.25) is 0 Å². The first kappa shape index (κ1) is 23.4. The van der Waals surface area contributed by atoms with Crippen molar-refractivity contribution < 1.29 is 0 Å². The van der Waals surface area contributed by atoms with Crippen LogP contribution < -0.4 is 11.2 Å². The maximum Gasteiger partial charge on any atom is 0.337 e. The third-order valence-corrected chi connectivity index (χ3v) is 6.87. The Labute approximate surface area is 211 Å². The number of hydrogen-bond acceptors (Lipinski definition) is 5. The van der Waals surface area contributed by atoms with Gasteiger partial charge in [-0.1, -0.05) is 43.3 Å². The van der Waals surface area contributed by atoms with E-state index in [1.165, 1.54) is 15.5 Å². The topological polar surface area (TPSA) is 85.6 Å². The number of imidazole rings is 1. The van der Waals surface area contributed by atoms with Gasteiger partial charge in [-0.2, -0.15) is 5.26 Å². The molecule has 2 aromatic heterocycles. The van der Waals surface area contributed by atoms with E-state index < -0.39 is 11.2 Å². The zero-order valence-electron chi connectivity index (χ0n) is 19.9. The number of fused-ring (bicyclic) bond motifs is 1. The molecule has 0 aliphatic rings. The first-order valence-electron chi connectivity index (χ1n) is 11.5. The van der Waals surface area contributed by atoms with Crippen LogP contribution in [0.1, 0.15) is 18.9 Å². The number of benzene rings is 3. The van der Waals surface area contributed by atoms with Gasteiger partial charge in [0, 0.05) is 17.1 Å². The molecule has 0 fully saturated rings. The third kappa shape index (κ3) is 3.93. The van der Waals surface area contributed by atoms with Crippen molar-refractivity contribution in [3.63, 3.8) is 0 Å². The molecule has 0 spiro atoms. The van der Waals surface area contributed by atoms with E-state index in [2.05, 4.69) is 23.2 Å². The van der Waals surface area contributed by atoms with Crippen molar-refractivity contribution in [2.24, 2.45) is 0 Å². The molecule has 5 aromatic rings. The van der Waals surface area contributed by atoms with Crippen LogP contribution in [0.3, 0.4) is 0 Å². The number of thioether (sulfide) groups is 1. The van der Waals surface area contributed by atoms with Crippen LogP contribution in [0.2, 0.25) is 0 Å². The summed E-state index contributed by atoms with van der Waals surface area (Å²) in [6.45, 7) is 2.39. The molecule has 0 N–H and O–H groups in total. The lowest BCUT2D eigenvalue weighted by Crippen LogP contribution is -2.39. The van der Waals surface area contributed by atoms with Crippen LogP contribution in [0.25, 0.3) is 33.7 Å². The lowest BCUT2D eigenvalue weighted by Gasteiger charge is -2.13. The highest BCUT2D eigenvalue weighted by atomic mass is 32.2. The van der Waals surface area contributed by atoms with Crippen LogP contribution in [0.5, 0.6) is 0 Å². The number of aromatic nitrogens is 4. The highest BCUT2D eigenvalue weighted by Crippen LogP contribution is 2.30. The second kappa shape index (κ2) is 9.72. The summed E-state index contributed by atoms with van der Waals surface area (Å²) in [5.41, 5.74) is 3.42. The predicted molar refractivity (Wildman–Crippen MR) is 143 cm³/mol. The number of aryl methyl sites for hydroxylation is 1. The normalized spacial score (nSPS) is 11.0. The number of nitrogens with zero attached hydrogens (tertiary/aromatic N) is 5. The highest BCUT2D eigenvalue weighted by Gasteiger charge is 2.20. The first-order valence-corrected chi connectivity index (χ1v) is 12.8. The monoisotopic (exact) mass is 493 g/mol. The summed E-state index contributed by atoms with van der Waals surface area (Å²) < 4.78 is 4.39. The van der Waals surface area contributed by atoms with Crippen LogP contribution in [-0.2, 0) is 6.54 Å². The third-order valence-electron chi connectivity index (χ3n) is 6.08. The van der Waals surface area contributed by atoms with Crippen molar-refractivity contribution in [2.75, 3.05) is 6.26 Å². The second-order valence-corrected chi connectivity index (χ2v) is 9.12. The Hall–Kier alpha value is -4.35. The molecular weight excluding hydrogens is 470 g/mol. The Kier molecular flexibility index (Phi) is 6.32. The lowest BCUT2D eigenvalue weighted by atomic mass is 10.1. The molecule has 5 rings (SSSR count). The molecule has 178 valence electrons. The van der Waals surface area contributed by atoms with Gasteiger partial charge in [0.05, 0.1) is 17.3 Å². The van der Waals surface area contributed by atoms with E-state index >= 15 is 0 Å². The Morgan fingerprint density at radius 2 is 1.75 bits per heavy atom. The van der Waals surface area contributed by atoms with Crippen molar-refractivity contribution >= 4 is 22.9 Å². The van der Waals surface area contributed by atoms with E-state index in [1.54, 1.807) is 52.7 Å². The molecule has 0 amide bonds. The summed E-state index contributed by atoms with van der Waals surface area (Å²) >= 11 is 1.67. The minimum atomic E-state index is -0.459. The van der Waals surface area contributed by atoms with Gasteiger partial charge >= 0.3 is 5.69 Å². The van der Waals surface area contributed by atoms with Gasteiger partial charge in [-0.05, 0) is 60.2 Å². The summed E-state index contributed by atoms with van der Waals surface area (Å²) in [7, 11) is 0. The van der Waals surface area contributed by atoms with Crippen LogP contribution in [0.15, 0.2) is 93.6 Å². The van der Waals surface area contributed by atoms with Gasteiger partial charge in [-0.15, -0.1) is 11.8 Å². The maximum atomic E-state index is 13.8. The number of rotatable bonds is 6. The van der Waals surface area contributed by atoms with E-state index in [1.807, 2.05) is 37.4 Å². The van der Waals surface area contributed by atoms with Crippen molar-refractivity contribution in [3.8, 4) is 28.6 Å². The summed E-state index contributed by atoms with van der Waals surface area (Å²) in [6, 6.07) is 24.7. The zero-order chi connectivity index (χ0) is 25.2. The minimum absolute atomic E-state index is 0.287. The van der Waals surface area contributed by atoms with E-state index in [4.69, 9.17) is 0 Å². The Bertz CT molecular complexity index is 1740. The molecule has 36 heavy (non-hydrogen) atoms. The van der Waals surface area contributed by atoms with Crippen LogP contribution in [-0.4, -0.2) is 24.9 Å². The Morgan fingerprint density at radius 3 is 2.47 bits per heavy atom. The van der Waals surface area contributed by atoms with E-state index in [9.17, 15) is 14.9 Å². The lowest BCUT2D eigenvalue weighted by molar-refractivity contribution is 0.631. The van der Waals surface area contributed by atoms with Crippen molar-refractivity contribution in [2.45, 2.75) is 24.8 Å². The van der Waals surface area contributed by atoms with E-state index in [-0.39, 0.29) is 5.52 Å². The molecular formula is C28H23N5O2S. The molecule has 0 radical (unpaired) electrons. The van der Waals surface area contributed by atoms with Gasteiger partial charge in [0.1, 0.15) is 6.33 Å². The van der Waals surface area contributed by atoms with Gasteiger partial charge in [-0.3, -0.25) is 13.9 Å². The minimum Gasteiger partial charge on any atom is -0.293 e. The molecule has 0 unspecified atom stereocenters. The maximum absolute atomic E-state index is 13.8. The fraction of sp³-hybridized carbons (Fsp3) is 0.143. The molecule has 7 nitrogen and oxygen atoms in total. The fourth-order valence-corrected chi connectivity index (χ4v) is 5.01. The quantitative estimate of drug-likeness (QED) is 0.311. The standard InChI is InChI=1S/C28H23N5O2S/c1-3-15-31-26-25(32(18-30-26)22-8-6-7-19(16-22)17-29)27(34)33(28(31)35)21-13-11-20(12-14-21)23-9-4-5-10-24(23)36-2/h4-14,16,18H,3,15H2,1-2H3. The largest absolute Gasteiger partial charge is 0.337 e. The SMILES string of the molecule is CCCn1c(=O)n(-c2ccc(-c3ccccc3SC)cc2)c(=O)c2c1ncn2-c1cccc(C#N)c1. The van der Waals surface area contributed by atoms with Crippen LogP contribution in [0.4, 0.5) is 0 Å². The summed E-state index contributed by atoms with van der Waals surface area (Å²) in [5, 5.41) is 9.32. The predicted octanol–water partition coefficient (Wildman–Crippen LogP) is 5.01. The van der Waals surface area contributed by atoms with Gasteiger partial charge in [-0.25, -0.2) is 14.3 Å². The van der Waals surface area contributed by atoms with Crippen LogP contribution >= 0.6 is 11.8 Å². The van der Waals surface area contributed by atoms with Crippen molar-refractivity contribution in [1.82, 2.24) is 18.7 Å². The highest BCUT2D eigenvalue weighted by molar-refractivity contribution is 7.98. The molecule has 0 bridgehead atoms. The molecule has 0 aliphatic heterocycles. The average Bonchev–Trinajstić information content (AvgIpc) is 3.37. The second-order valence-electron chi connectivity index (χ2n) is 8.27. The molecule has 3 aromatic carbocycles. The summed E-state index contributed by atoms with van der Waals surface area (Å²) in [5.74, 6) is 0. The van der Waals surface area contributed by atoms with Crippen molar-refractivity contribution in [1.29, 1.82) is 5.26 Å². The van der Waals surface area contributed by atoms with Crippen LogP contribution in [0, 0.1) is 11.3 Å².